The van der Waals surface area contributed by atoms with Gasteiger partial charge in [0.2, 0.25) is 11.8 Å². The van der Waals surface area contributed by atoms with Crippen LogP contribution in [0.3, 0.4) is 0 Å². The van der Waals surface area contributed by atoms with Crippen molar-refractivity contribution in [1.82, 2.24) is 15.5 Å². The summed E-state index contributed by atoms with van der Waals surface area (Å²) in [6.45, 7) is 2.66. The Morgan fingerprint density at radius 2 is 2.12 bits per heavy atom. The van der Waals surface area contributed by atoms with Gasteiger partial charge in [-0.1, -0.05) is 6.07 Å². The van der Waals surface area contributed by atoms with Gasteiger partial charge in [-0.2, -0.15) is 0 Å². The zero-order valence-corrected chi connectivity index (χ0v) is 13.9. The molecule has 2 rings (SSSR count). The summed E-state index contributed by atoms with van der Waals surface area (Å²) < 4.78 is 27.2. The molecule has 1 aliphatic heterocycles. The second kappa shape index (κ2) is 8.19. The van der Waals surface area contributed by atoms with Gasteiger partial charge in [0.05, 0.1) is 12.5 Å². The van der Waals surface area contributed by atoms with E-state index in [-0.39, 0.29) is 29.8 Å². The third kappa shape index (κ3) is 4.50. The fourth-order valence-corrected chi connectivity index (χ4v) is 3.17. The van der Waals surface area contributed by atoms with Crippen LogP contribution >= 0.6 is 0 Å². The third-order valence-corrected chi connectivity index (χ3v) is 4.23. The molecule has 1 aliphatic rings. The molecular weight excluding hydrogens is 316 g/mol. The first-order valence-electron chi connectivity index (χ1n) is 8.08. The van der Waals surface area contributed by atoms with Crippen molar-refractivity contribution in [1.29, 1.82) is 0 Å². The maximum Gasteiger partial charge on any atom is 0.225 e. The van der Waals surface area contributed by atoms with Crippen LogP contribution in [0.2, 0.25) is 0 Å². The number of carbonyl (C=O) groups is 2. The van der Waals surface area contributed by atoms with Crippen molar-refractivity contribution in [2.75, 3.05) is 20.1 Å². The van der Waals surface area contributed by atoms with Crippen LogP contribution in [0.25, 0.3) is 0 Å². The molecule has 0 saturated carbocycles. The number of hydrogen-bond donors (Lipinski definition) is 2. The lowest BCUT2D eigenvalue weighted by molar-refractivity contribution is -0.132. The van der Waals surface area contributed by atoms with Crippen molar-refractivity contribution < 1.29 is 18.4 Å². The van der Waals surface area contributed by atoms with E-state index in [2.05, 4.69) is 10.6 Å². The highest BCUT2D eigenvalue weighted by atomic mass is 19.1. The van der Waals surface area contributed by atoms with Crippen LogP contribution in [0.1, 0.15) is 37.8 Å². The average Bonchev–Trinajstić information content (AvgIpc) is 2.95. The second-order valence-corrected chi connectivity index (χ2v) is 6.06. The highest BCUT2D eigenvalue weighted by Gasteiger charge is 2.30. The standard InChI is InChI=1S/C17H23F2N3O2/c1-11(23)21-16(14-6-5-12(18)8-15(14)19)9-17(24)22-7-3-4-13(22)10-20-2/h5-6,8,13,16,20H,3-4,7,9-10H2,1-2H3,(H,21,23). The minimum Gasteiger partial charge on any atom is -0.349 e. The van der Waals surface area contributed by atoms with Crippen LogP contribution in [-0.2, 0) is 9.59 Å². The second-order valence-electron chi connectivity index (χ2n) is 6.06. The summed E-state index contributed by atoms with van der Waals surface area (Å²) in [4.78, 5) is 25.8. The van der Waals surface area contributed by atoms with Gasteiger partial charge in [0.1, 0.15) is 11.6 Å². The largest absolute Gasteiger partial charge is 0.349 e. The lowest BCUT2D eigenvalue weighted by Gasteiger charge is -2.27. The molecule has 2 atom stereocenters. The Labute approximate surface area is 140 Å². The number of likely N-dealkylation sites (tertiary alicyclic amines) is 1. The van der Waals surface area contributed by atoms with Crippen LogP contribution in [0.4, 0.5) is 8.78 Å². The van der Waals surface area contributed by atoms with Gasteiger partial charge in [-0.15, -0.1) is 0 Å². The number of likely N-dealkylation sites (N-methyl/N-ethyl adjacent to an activating group) is 1. The van der Waals surface area contributed by atoms with Gasteiger partial charge >= 0.3 is 0 Å². The zero-order chi connectivity index (χ0) is 17.7. The quantitative estimate of drug-likeness (QED) is 0.830. The van der Waals surface area contributed by atoms with E-state index in [0.717, 1.165) is 25.0 Å². The fourth-order valence-electron chi connectivity index (χ4n) is 3.17. The molecule has 132 valence electrons. The van der Waals surface area contributed by atoms with E-state index in [9.17, 15) is 18.4 Å². The summed E-state index contributed by atoms with van der Waals surface area (Å²) in [6.07, 6.45) is 1.79. The molecule has 1 fully saturated rings. The monoisotopic (exact) mass is 339 g/mol. The van der Waals surface area contributed by atoms with Crippen LogP contribution in [0.5, 0.6) is 0 Å². The average molecular weight is 339 g/mol. The SMILES string of the molecule is CNCC1CCCN1C(=O)CC(NC(C)=O)c1ccc(F)cc1F. The topological polar surface area (TPSA) is 61.4 Å². The van der Waals surface area contributed by atoms with Crippen molar-refractivity contribution in [3.63, 3.8) is 0 Å². The molecular formula is C17H23F2N3O2. The van der Waals surface area contributed by atoms with Crippen LogP contribution in [0, 0.1) is 11.6 Å². The minimum absolute atomic E-state index is 0.0532. The summed E-state index contributed by atoms with van der Waals surface area (Å²) >= 11 is 0. The zero-order valence-electron chi connectivity index (χ0n) is 13.9. The Morgan fingerprint density at radius 3 is 2.75 bits per heavy atom. The summed E-state index contributed by atoms with van der Waals surface area (Å²) in [5, 5.41) is 5.65. The van der Waals surface area contributed by atoms with E-state index in [0.29, 0.717) is 13.1 Å². The third-order valence-electron chi connectivity index (χ3n) is 4.23. The van der Waals surface area contributed by atoms with Crippen molar-refractivity contribution in [3.05, 3.63) is 35.4 Å². The van der Waals surface area contributed by atoms with Crippen molar-refractivity contribution >= 4 is 11.8 Å². The summed E-state index contributed by atoms with van der Waals surface area (Å²) in [5.74, 6) is -1.98. The van der Waals surface area contributed by atoms with Gasteiger partial charge in [0.15, 0.2) is 0 Å². The molecule has 2 N–H and O–H groups in total. The fraction of sp³-hybridized carbons (Fsp3) is 0.529. The molecule has 0 aromatic heterocycles. The van der Waals surface area contributed by atoms with E-state index in [1.807, 2.05) is 7.05 Å². The number of halogens is 2. The molecule has 7 heteroatoms. The highest BCUT2D eigenvalue weighted by molar-refractivity contribution is 5.79. The predicted molar refractivity (Wildman–Crippen MR) is 86.2 cm³/mol. The summed E-state index contributed by atoms with van der Waals surface area (Å²) in [6, 6.07) is 2.45. The van der Waals surface area contributed by atoms with Gasteiger partial charge in [-0.25, -0.2) is 8.78 Å². The van der Waals surface area contributed by atoms with E-state index in [4.69, 9.17) is 0 Å². The summed E-state index contributed by atoms with van der Waals surface area (Å²) in [7, 11) is 1.83. The van der Waals surface area contributed by atoms with E-state index >= 15 is 0 Å². The van der Waals surface area contributed by atoms with Gasteiger partial charge in [0.25, 0.3) is 0 Å². The predicted octanol–water partition coefficient (Wildman–Crippen LogP) is 1.74. The van der Waals surface area contributed by atoms with E-state index < -0.39 is 17.7 Å². The summed E-state index contributed by atoms with van der Waals surface area (Å²) in [5.41, 5.74) is 0.115. The molecule has 0 aliphatic carbocycles. The number of nitrogens with one attached hydrogen (secondary N) is 2. The van der Waals surface area contributed by atoms with Crippen LogP contribution in [-0.4, -0.2) is 42.9 Å². The Bertz CT molecular complexity index is 609. The van der Waals surface area contributed by atoms with Gasteiger partial charge < -0.3 is 15.5 Å². The van der Waals surface area contributed by atoms with Gasteiger partial charge in [-0.3, -0.25) is 9.59 Å². The molecule has 1 aromatic rings. The molecule has 1 aromatic carbocycles. The normalized spacial score (nSPS) is 18.5. The van der Waals surface area contributed by atoms with Crippen molar-refractivity contribution in [2.24, 2.45) is 0 Å². The number of nitrogens with zero attached hydrogens (tertiary/aromatic N) is 1. The van der Waals surface area contributed by atoms with Crippen molar-refractivity contribution in [2.45, 2.75) is 38.3 Å². The molecule has 0 bridgehead atoms. The van der Waals surface area contributed by atoms with Crippen LogP contribution < -0.4 is 10.6 Å². The number of benzene rings is 1. The first kappa shape index (κ1) is 18.3. The molecule has 2 amide bonds. The number of amides is 2. The minimum atomic E-state index is -0.813. The molecule has 1 heterocycles. The van der Waals surface area contributed by atoms with E-state index in [1.165, 1.54) is 13.0 Å². The van der Waals surface area contributed by atoms with Crippen LogP contribution in [0.15, 0.2) is 18.2 Å². The molecule has 5 nitrogen and oxygen atoms in total. The lowest BCUT2D eigenvalue weighted by Crippen LogP contribution is -2.42. The van der Waals surface area contributed by atoms with E-state index in [1.54, 1.807) is 4.90 Å². The van der Waals surface area contributed by atoms with Gasteiger partial charge in [0, 0.05) is 37.7 Å². The number of rotatable bonds is 6. The van der Waals surface area contributed by atoms with Gasteiger partial charge in [-0.05, 0) is 26.0 Å². The number of hydrogen-bond acceptors (Lipinski definition) is 3. The Balaban J connectivity index is 2.16. The van der Waals surface area contributed by atoms with Crippen molar-refractivity contribution in [3.8, 4) is 0 Å². The number of carbonyl (C=O) groups excluding carboxylic acids is 2. The molecule has 1 saturated heterocycles. The molecule has 0 spiro atoms. The Morgan fingerprint density at radius 1 is 1.38 bits per heavy atom. The molecule has 0 radical (unpaired) electrons. The Hall–Kier alpha value is -2.02. The Kier molecular flexibility index (Phi) is 6.25. The maximum absolute atomic E-state index is 14.0. The first-order valence-corrected chi connectivity index (χ1v) is 8.08. The first-order chi connectivity index (χ1) is 11.4. The molecule has 24 heavy (non-hydrogen) atoms. The highest BCUT2D eigenvalue weighted by Crippen LogP contribution is 2.25. The maximum atomic E-state index is 14.0. The molecule has 2 unspecified atom stereocenters. The lowest BCUT2D eigenvalue weighted by atomic mass is 10.0. The smallest absolute Gasteiger partial charge is 0.225 e.